The normalized spacial score (nSPS) is 17.0. The lowest BCUT2D eigenvalue weighted by atomic mass is 10.0. The monoisotopic (exact) mass is 314 g/mol. The van der Waals surface area contributed by atoms with Crippen LogP contribution >= 0.6 is 11.3 Å². The molecule has 114 valence electrons. The van der Waals surface area contributed by atoms with Gasteiger partial charge < -0.3 is 9.74 Å². The first-order valence-electron chi connectivity index (χ1n) is 7.39. The van der Waals surface area contributed by atoms with E-state index in [2.05, 4.69) is 5.16 Å². The van der Waals surface area contributed by atoms with Crippen LogP contribution in [0.3, 0.4) is 0 Å². The Labute approximate surface area is 134 Å². The maximum atomic E-state index is 12.4. The second-order valence-electron chi connectivity index (χ2n) is 5.16. The van der Waals surface area contributed by atoms with Crippen LogP contribution in [0.2, 0.25) is 0 Å². The molecular formula is C17H18N2O2S. The van der Waals surface area contributed by atoms with Gasteiger partial charge in [0.25, 0.3) is 5.91 Å². The van der Waals surface area contributed by atoms with Gasteiger partial charge in [-0.1, -0.05) is 41.6 Å². The summed E-state index contributed by atoms with van der Waals surface area (Å²) in [5, 5.41) is 6.10. The van der Waals surface area contributed by atoms with E-state index in [9.17, 15) is 4.79 Å². The molecule has 5 heteroatoms. The highest BCUT2D eigenvalue weighted by Gasteiger charge is 2.26. The summed E-state index contributed by atoms with van der Waals surface area (Å²) < 4.78 is 0. The number of likely N-dealkylation sites (N-methyl/N-ethyl adjacent to an activating group) is 1. The lowest BCUT2D eigenvalue weighted by molar-refractivity contribution is 0.0438. The first-order chi connectivity index (χ1) is 10.8. The van der Waals surface area contributed by atoms with Crippen molar-refractivity contribution in [2.45, 2.75) is 19.4 Å². The minimum atomic E-state index is -0.0703. The molecule has 0 fully saturated rings. The van der Waals surface area contributed by atoms with Crippen LogP contribution in [-0.4, -0.2) is 35.7 Å². The zero-order chi connectivity index (χ0) is 15.4. The summed E-state index contributed by atoms with van der Waals surface area (Å²) in [6.45, 7) is 3.21. The quantitative estimate of drug-likeness (QED) is 0.849. The zero-order valence-corrected chi connectivity index (χ0v) is 13.3. The SMILES string of the molecule is CCN(CC1CC(c2ccccc2)=NO1)C(=O)c1cccs1. The molecule has 0 radical (unpaired) electrons. The summed E-state index contributed by atoms with van der Waals surface area (Å²) in [5.41, 5.74) is 2.03. The van der Waals surface area contributed by atoms with Gasteiger partial charge in [0.15, 0.2) is 6.10 Å². The van der Waals surface area contributed by atoms with Gasteiger partial charge in [0.05, 0.1) is 17.1 Å². The highest BCUT2D eigenvalue weighted by atomic mass is 32.1. The van der Waals surface area contributed by atoms with Crippen LogP contribution < -0.4 is 0 Å². The van der Waals surface area contributed by atoms with Crippen molar-refractivity contribution in [3.8, 4) is 0 Å². The molecule has 1 aromatic carbocycles. The van der Waals surface area contributed by atoms with Crippen molar-refractivity contribution >= 4 is 23.0 Å². The van der Waals surface area contributed by atoms with E-state index in [1.165, 1.54) is 11.3 Å². The van der Waals surface area contributed by atoms with Crippen LogP contribution in [0.4, 0.5) is 0 Å². The van der Waals surface area contributed by atoms with Crippen molar-refractivity contribution in [2.24, 2.45) is 5.16 Å². The van der Waals surface area contributed by atoms with Gasteiger partial charge in [0.2, 0.25) is 0 Å². The molecule has 2 aromatic rings. The van der Waals surface area contributed by atoms with Crippen molar-refractivity contribution in [3.63, 3.8) is 0 Å². The van der Waals surface area contributed by atoms with Gasteiger partial charge in [-0.2, -0.15) is 0 Å². The van der Waals surface area contributed by atoms with Gasteiger partial charge in [-0.05, 0) is 23.9 Å². The molecule has 1 atom stereocenters. The van der Waals surface area contributed by atoms with Crippen LogP contribution in [0, 0.1) is 0 Å². The average molecular weight is 314 g/mol. The van der Waals surface area contributed by atoms with Crippen LogP contribution in [0.5, 0.6) is 0 Å². The average Bonchev–Trinajstić information content (AvgIpc) is 3.24. The predicted molar refractivity (Wildman–Crippen MR) is 88.4 cm³/mol. The van der Waals surface area contributed by atoms with Gasteiger partial charge in [-0.25, -0.2) is 0 Å². The number of rotatable bonds is 5. The summed E-state index contributed by atoms with van der Waals surface area (Å²) in [7, 11) is 0. The van der Waals surface area contributed by atoms with E-state index in [-0.39, 0.29) is 12.0 Å². The van der Waals surface area contributed by atoms with E-state index in [4.69, 9.17) is 4.84 Å². The molecule has 1 unspecified atom stereocenters. The van der Waals surface area contributed by atoms with Crippen molar-refractivity contribution in [3.05, 3.63) is 58.3 Å². The standard InChI is InChI=1S/C17H18N2O2S/c1-2-19(17(20)16-9-6-10-22-16)12-14-11-15(18-21-14)13-7-4-3-5-8-13/h3-10,14H,2,11-12H2,1H3. The number of hydrogen-bond donors (Lipinski definition) is 0. The number of carbonyl (C=O) groups is 1. The molecule has 1 aliphatic rings. The molecule has 1 aromatic heterocycles. The summed E-state index contributed by atoms with van der Waals surface area (Å²) in [6, 6.07) is 13.8. The minimum Gasteiger partial charge on any atom is -0.390 e. The third-order valence-corrected chi connectivity index (χ3v) is 4.52. The van der Waals surface area contributed by atoms with Gasteiger partial charge >= 0.3 is 0 Å². The van der Waals surface area contributed by atoms with Gasteiger partial charge in [0.1, 0.15) is 0 Å². The highest BCUT2D eigenvalue weighted by Crippen LogP contribution is 2.19. The van der Waals surface area contributed by atoms with Gasteiger partial charge in [0, 0.05) is 13.0 Å². The molecule has 3 rings (SSSR count). The molecule has 4 nitrogen and oxygen atoms in total. The maximum Gasteiger partial charge on any atom is 0.264 e. The van der Waals surface area contributed by atoms with Crippen molar-refractivity contribution in [1.82, 2.24) is 4.90 Å². The Morgan fingerprint density at radius 2 is 2.14 bits per heavy atom. The van der Waals surface area contributed by atoms with E-state index >= 15 is 0 Å². The second kappa shape index (κ2) is 6.75. The van der Waals surface area contributed by atoms with Gasteiger partial charge in [-0.15, -0.1) is 11.3 Å². The number of oxime groups is 1. The number of nitrogens with zero attached hydrogens (tertiary/aromatic N) is 2. The molecule has 2 heterocycles. The third kappa shape index (κ3) is 3.20. The smallest absolute Gasteiger partial charge is 0.264 e. The Balaban J connectivity index is 1.61. The lowest BCUT2D eigenvalue weighted by Crippen LogP contribution is -2.37. The fourth-order valence-corrected chi connectivity index (χ4v) is 3.18. The van der Waals surface area contributed by atoms with Crippen molar-refractivity contribution in [2.75, 3.05) is 13.1 Å². The second-order valence-corrected chi connectivity index (χ2v) is 6.10. The van der Waals surface area contributed by atoms with Crippen LogP contribution in [-0.2, 0) is 4.84 Å². The maximum absolute atomic E-state index is 12.4. The van der Waals surface area contributed by atoms with Crippen LogP contribution in [0.1, 0.15) is 28.6 Å². The Kier molecular flexibility index (Phi) is 4.53. The van der Waals surface area contributed by atoms with E-state index in [0.717, 1.165) is 22.6 Å². The molecular weight excluding hydrogens is 296 g/mol. The third-order valence-electron chi connectivity index (χ3n) is 3.66. The number of amides is 1. The molecule has 0 saturated heterocycles. The van der Waals surface area contributed by atoms with Crippen molar-refractivity contribution in [1.29, 1.82) is 0 Å². The molecule has 1 aliphatic heterocycles. The first-order valence-corrected chi connectivity index (χ1v) is 8.26. The fraction of sp³-hybridized carbons (Fsp3) is 0.294. The number of hydrogen-bond acceptors (Lipinski definition) is 4. The van der Waals surface area contributed by atoms with Crippen LogP contribution in [0.25, 0.3) is 0 Å². The number of benzene rings is 1. The van der Waals surface area contributed by atoms with Crippen LogP contribution in [0.15, 0.2) is 53.0 Å². The molecule has 0 saturated carbocycles. The Morgan fingerprint density at radius 3 is 2.82 bits per heavy atom. The Bertz CT molecular complexity index is 653. The Morgan fingerprint density at radius 1 is 1.32 bits per heavy atom. The number of carbonyl (C=O) groups excluding carboxylic acids is 1. The van der Waals surface area contributed by atoms with Gasteiger partial charge in [-0.3, -0.25) is 4.79 Å². The van der Waals surface area contributed by atoms with E-state index < -0.39 is 0 Å². The molecule has 0 bridgehead atoms. The minimum absolute atomic E-state index is 0.0641. The number of thiophene rings is 1. The topological polar surface area (TPSA) is 41.9 Å². The molecule has 0 N–H and O–H groups in total. The lowest BCUT2D eigenvalue weighted by Gasteiger charge is -2.22. The van der Waals surface area contributed by atoms with E-state index in [1.807, 2.05) is 59.7 Å². The first kappa shape index (κ1) is 14.8. The summed E-state index contributed by atoms with van der Waals surface area (Å²) in [6.07, 6.45) is 0.664. The van der Waals surface area contributed by atoms with E-state index in [0.29, 0.717) is 13.1 Å². The highest BCUT2D eigenvalue weighted by molar-refractivity contribution is 7.12. The Hall–Kier alpha value is -2.14. The molecule has 1 amide bonds. The molecule has 0 spiro atoms. The summed E-state index contributed by atoms with van der Waals surface area (Å²) in [4.78, 5) is 20.5. The largest absolute Gasteiger partial charge is 0.390 e. The summed E-state index contributed by atoms with van der Waals surface area (Å²) in [5.74, 6) is 0.0641. The molecule has 22 heavy (non-hydrogen) atoms. The molecule has 0 aliphatic carbocycles. The summed E-state index contributed by atoms with van der Waals surface area (Å²) >= 11 is 1.47. The predicted octanol–water partition coefficient (Wildman–Crippen LogP) is 3.40. The van der Waals surface area contributed by atoms with Crippen molar-refractivity contribution < 1.29 is 9.63 Å². The van der Waals surface area contributed by atoms with E-state index in [1.54, 1.807) is 0 Å². The fourth-order valence-electron chi connectivity index (χ4n) is 2.48. The zero-order valence-electron chi connectivity index (χ0n) is 12.4.